The molecule has 6 heteroatoms. The summed E-state index contributed by atoms with van der Waals surface area (Å²) in [6, 6.07) is 5.50. The van der Waals surface area contributed by atoms with Crippen molar-refractivity contribution in [3.05, 3.63) is 18.2 Å². The molecule has 0 bridgehead atoms. The Hall–Kier alpha value is -1.43. The number of benzene rings is 1. The highest BCUT2D eigenvalue weighted by molar-refractivity contribution is 7.92. The van der Waals surface area contributed by atoms with Gasteiger partial charge in [0.15, 0.2) is 9.84 Å². The summed E-state index contributed by atoms with van der Waals surface area (Å²) in [4.78, 5) is 0. The van der Waals surface area contributed by atoms with Crippen molar-refractivity contribution in [2.75, 3.05) is 23.3 Å². The zero-order valence-corrected chi connectivity index (χ0v) is 12.7. The van der Waals surface area contributed by atoms with E-state index < -0.39 is 9.84 Å². The molecular weight excluding hydrogens is 276 g/mol. The first-order chi connectivity index (χ1) is 9.40. The molecular formula is C14H22N2O3S. The molecule has 1 atom stereocenters. The van der Waals surface area contributed by atoms with Crippen LogP contribution in [0.3, 0.4) is 0 Å². The standard InChI is InChI=1S/C14H22N2O3S/c1-10(2)19-13-7-3-6-12(14(13)15)16-9-11-5-4-8-20(11,17)18/h3,6-7,10-11,16H,4-5,8-9,15H2,1-2H3. The van der Waals surface area contributed by atoms with Gasteiger partial charge in [0.2, 0.25) is 0 Å². The number of nitrogen functional groups attached to an aromatic ring is 1. The molecule has 1 aromatic carbocycles. The summed E-state index contributed by atoms with van der Waals surface area (Å²) in [5.41, 5.74) is 7.30. The maximum absolute atomic E-state index is 11.8. The number of rotatable bonds is 5. The number of anilines is 2. The lowest BCUT2D eigenvalue weighted by Crippen LogP contribution is -2.25. The molecule has 0 saturated carbocycles. The first-order valence-corrected chi connectivity index (χ1v) is 8.62. The number of nitrogens with one attached hydrogen (secondary N) is 1. The van der Waals surface area contributed by atoms with E-state index in [2.05, 4.69) is 5.32 Å². The topological polar surface area (TPSA) is 81.4 Å². The highest BCUT2D eigenvalue weighted by Gasteiger charge is 2.30. The van der Waals surface area contributed by atoms with Crippen molar-refractivity contribution in [2.45, 2.75) is 38.0 Å². The molecule has 1 saturated heterocycles. The van der Waals surface area contributed by atoms with Crippen molar-refractivity contribution in [3.8, 4) is 5.75 Å². The molecule has 0 amide bonds. The maximum atomic E-state index is 11.8. The molecule has 1 heterocycles. The Kier molecular flexibility index (Phi) is 4.42. The molecule has 0 spiro atoms. The van der Waals surface area contributed by atoms with E-state index in [0.29, 0.717) is 23.7 Å². The Morgan fingerprint density at radius 3 is 2.80 bits per heavy atom. The summed E-state index contributed by atoms with van der Waals surface area (Å²) < 4.78 is 29.2. The second kappa shape index (κ2) is 5.91. The van der Waals surface area contributed by atoms with Gasteiger partial charge in [0.25, 0.3) is 0 Å². The van der Waals surface area contributed by atoms with Crippen LogP contribution in [0, 0.1) is 0 Å². The zero-order chi connectivity index (χ0) is 14.8. The van der Waals surface area contributed by atoms with E-state index in [1.165, 1.54) is 0 Å². The lowest BCUT2D eigenvalue weighted by Gasteiger charge is -2.17. The first kappa shape index (κ1) is 15.0. The molecule has 1 aromatic rings. The van der Waals surface area contributed by atoms with Gasteiger partial charge in [-0.15, -0.1) is 0 Å². The summed E-state index contributed by atoms with van der Waals surface area (Å²) in [6.45, 7) is 4.27. The Bertz CT molecular complexity index is 570. The highest BCUT2D eigenvalue weighted by Crippen LogP contribution is 2.30. The minimum absolute atomic E-state index is 0.0442. The normalized spacial score (nSPS) is 21.1. The van der Waals surface area contributed by atoms with Crippen LogP contribution in [0.25, 0.3) is 0 Å². The van der Waals surface area contributed by atoms with Gasteiger partial charge in [-0.25, -0.2) is 8.42 Å². The van der Waals surface area contributed by atoms with E-state index in [9.17, 15) is 8.42 Å². The molecule has 0 aromatic heterocycles. The number of hydrogen-bond donors (Lipinski definition) is 2. The second-order valence-corrected chi connectivity index (χ2v) is 7.80. The van der Waals surface area contributed by atoms with Crippen molar-refractivity contribution in [3.63, 3.8) is 0 Å². The number of sulfone groups is 1. The van der Waals surface area contributed by atoms with Gasteiger partial charge in [0, 0.05) is 6.54 Å². The van der Waals surface area contributed by atoms with Crippen LogP contribution in [0.2, 0.25) is 0 Å². The summed E-state index contributed by atoms with van der Waals surface area (Å²) in [7, 11) is -2.93. The van der Waals surface area contributed by atoms with Gasteiger partial charge in [0.1, 0.15) is 5.75 Å². The molecule has 0 aliphatic carbocycles. The predicted molar refractivity (Wildman–Crippen MR) is 81.9 cm³/mol. The Morgan fingerprint density at radius 1 is 1.45 bits per heavy atom. The lowest BCUT2D eigenvalue weighted by atomic mass is 10.2. The monoisotopic (exact) mass is 298 g/mol. The average molecular weight is 298 g/mol. The van der Waals surface area contributed by atoms with E-state index >= 15 is 0 Å². The fourth-order valence-corrected chi connectivity index (χ4v) is 4.13. The van der Waals surface area contributed by atoms with Crippen LogP contribution in [0.5, 0.6) is 5.75 Å². The third-order valence-corrected chi connectivity index (χ3v) is 5.69. The smallest absolute Gasteiger partial charge is 0.154 e. The molecule has 1 unspecified atom stereocenters. The number of nitrogens with two attached hydrogens (primary N) is 1. The van der Waals surface area contributed by atoms with Crippen molar-refractivity contribution < 1.29 is 13.2 Å². The summed E-state index contributed by atoms with van der Waals surface area (Å²) in [5, 5.41) is 2.83. The first-order valence-electron chi connectivity index (χ1n) is 6.90. The van der Waals surface area contributed by atoms with Crippen LogP contribution in [0.4, 0.5) is 11.4 Å². The minimum atomic E-state index is -2.93. The fraction of sp³-hybridized carbons (Fsp3) is 0.571. The third kappa shape index (κ3) is 3.36. The van der Waals surface area contributed by atoms with Crippen LogP contribution in [0.1, 0.15) is 26.7 Å². The van der Waals surface area contributed by atoms with Crippen molar-refractivity contribution >= 4 is 21.2 Å². The van der Waals surface area contributed by atoms with Crippen LogP contribution < -0.4 is 15.8 Å². The number of ether oxygens (including phenoxy) is 1. The quantitative estimate of drug-likeness (QED) is 0.813. The highest BCUT2D eigenvalue weighted by atomic mass is 32.2. The predicted octanol–water partition coefficient (Wildman–Crippen LogP) is 2.05. The minimum Gasteiger partial charge on any atom is -0.489 e. The molecule has 0 radical (unpaired) electrons. The second-order valence-electron chi connectivity index (χ2n) is 5.40. The van der Waals surface area contributed by atoms with Gasteiger partial charge in [0.05, 0.1) is 28.5 Å². The number of para-hydroxylation sites is 1. The zero-order valence-electron chi connectivity index (χ0n) is 11.9. The van der Waals surface area contributed by atoms with E-state index in [1.807, 2.05) is 32.0 Å². The van der Waals surface area contributed by atoms with Crippen molar-refractivity contribution in [1.29, 1.82) is 0 Å². The molecule has 112 valence electrons. The van der Waals surface area contributed by atoms with E-state index in [0.717, 1.165) is 18.5 Å². The summed E-state index contributed by atoms with van der Waals surface area (Å²) >= 11 is 0. The van der Waals surface area contributed by atoms with Crippen LogP contribution in [-0.4, -0.2) is 32.1 Å². The molecule has 1 aliphatic heterocycles. The van der Waals surface area contributed by atoms with E-state index in [-0.39, 0.29) is 11.4 Å². The Labute approximate surface area is 120 Å². The fourth-order valence-electron chi connectivity index (χ4n) is 2.37. The van der Waals surface area contributed by atoms with Gasteiger partial charge in [-0.1, -0.05) is 6.07 Å². The Balaban J connectivity index is 2.06. The van der Waals surface area contributed by atoms with Crippen LogP contribution in [0.15, 0.2) is 18.2 Å². The summed E-state index contributed by atoms with van der Waals surface area (Å²) in [6.07, 6.45) is 1.51. The number of hydrogen-bond acceptors (Lipinski definition) is 5. The third-order valence-electron chi connectivity index (χ3n) is 3.41. The molecule has 3 N–H and O–H groups in total. The van der Waals surface area contributed by atoms with Crippen LogP contribution >= 0.6 is 0 Å². The van der Waals surface area contributed by atoms with E-state index in [1.54, 1.807) is 0 Å². The van der Waals surface area contributed by atoms with Gasteiger partial charge in [-0.3, -0.25) is 0 Å². The van der Waals surface area contributed by atoms with Crippen molar-refractivity contribution in [1.82, 2.24) is 0 Å². The molecule has 5 nitrogen and oxygen atoms in total. The van der Waals surface area contributed by atoms with Gasteiger partial charge < -0.3 is 15.8 Å². The SMILES string of the molecule is CC(C)Oc1cccc(NCC2CCCS2(=O)=O)c1N. The summed E-state index contributed by atoms with van der Waals surface area (Å²) in [5.74, 6) is 0.921. The van der Waals surface area contributed by atoms with Crippen molar-refractivity contribution in [2.24, 2.45) is 0 Å². The van der Waals surface area contributed by atoms with Crippen LogP contribution in [-0.2, 0) is 9.84 Å². The Morgan fingerprint density at radius 2 is 2.20 bits per heavy atom. The molecule has 1 fully saturated rings. The maximum Gasteiger partial charge on any atom is 0.154 e. The average Bonchev–Trinajstić information content (AvgIpc) is 2.69. The molecule has 2 rings (SSSR count). The largest absolute Gasteiger partial charge is 0.489 e. The van der Waals surface area contributed by atoms with Gasteiger partial charge in [-0.2, -0.15) is 0 Å². The van der Waals surface area contributed by atoms with Gasteiger partial charge in [-0.05, 0) is 38.8 Å². The van der Waals surface area contributed by atoms with E-state index in [4.69, 9.17) is 10.5 Å². The molecule has 1 aliphatic rings. The molecule has 20 heavy (non-hydrogen) atoms. The lowest BCUT2D eigenvalue weighted by molar-refractivity contribution is 0.244. The van der Waals surface area contributed by atoms with Gasteiger partial charge >= 0.3 is 0 Å².